The van der Waals surface area contributed by atoms with Crippen LogP contribution in [0.2, 0.25) is 10.0 Å². The molecule has 1 heterocycles. The van der Waals surface area contributed by atoms with Gasteiger partial charge in [-0.05, 0) is 35.4 Å². The van der Waals surface area contributed by atoms with E-state index >= 15 is 0 Å². The molecule has 6 heteroatoms. The van der Waals surface area contributed by atoms with Gasteiger partial charge in [0.2, 0.25) is 0 Å². The van der Waals surface area contributed by atoms with Crippen LogP contribution in [0.3, 0.4) is 0 Å². The summed E-state index contributed by atoms with van der Waals surface area (Å²) in [5.41, 5.74) is 7.72. The average Bonchev–Trinajstić information content (AvgIpc) is 2.45. The summed E-state index contributed by atoms with van der Waals surface area (Å²) in [6, 6.07) is 11.0. The van der Waals surface area contributed by atoms with E-state index in [9.17, 15) is 4.79 Å². The van der Waals surface area contributed by atoms with Crippen molar-refractivity contribution in [3.8, 4) is 16.9 Å². The van der Waals surface area contributed by atoms with Gasteiger partial charge in [-0.3, -0.25) is 0 Å². The number of nitrogens with two attached hydrogens (primary N) is 1. The van der Waals surface area contributed by atoms with Crippen molar-refractivity contribution in [1.29, 1.82) is 0 Å². The average molecular weight is 338 g/mol. The summed E-state index contributed by atoms with van der Waals surface area (Å²) in [6.07, 6.45) is -0.583. The van der Waals surface area contributed by atoms with Gasteiger partial charge in [0.25, 0.3) is 0 Å². The number of carbonyl (C=O) groups excluding carboxylic acids is 1. The molecule has 2 N–H and O–H groups in total. The molecule has 0 fully saturated rings. The molecule has 1 aliphatic rings. The first kappa shape index (κ1) is 15.0. The van der Waals surface area contributed by atoms with Gasteiger partial charge < -0.3 is 15.2 Å². The van der Waals surface area contributed by atoms with Crippen molar-refractivity contribution < 1.29 is 14.3 Å². The lowest BCUT2D eigenvalue weighted by Crippen LogP contribution is -2.22. The molecule has 1 aliphatic heterocycles. The highest BCUT2D eigenvalue weighted by Crippen LogP contribution is 2.38. The third kappa shape index (κ3) is 3.13. The van der Waals surface area contributed by atoms with Crippen molar-refractivity contribution in [3.63, 3.8) is 0 Å². The Kier molecular flexibility index (Phi) is 4.14. The van der Waals surface area contributed by atoms with Crippen molar-refractivity contribution in [2.45, 2.75) is 12.5 Å². The molecule has 0 aromatic heterocycles. The zero-order valence-electron chi connectivity index (χ0n) is 11.5. The van der Waals surface area contributed by atoms with E-state index in [-0.39, 0.29) is 6.10 Å². The van der Waals surface area contributed by atoms with Gasteiger partial charge in [-0.15, -0.1) is 0 Å². The second-order valence-electron chi connectivity index (χ2n) is 4.97. The van der Waals surface area contributed by atoms with Gasteiger partial charge in [0.1, 0.15) is 11.9 Å². The molecule has 1 amide bonds. The van der Waals surface area contributed by atoms with Crippen molar-refractivity contribution in [2.75, 3.05) is 6.61 Å². The number of benzene rings is 2. The molecule has 1 atom stereocenters. The molecule has 4 nitrogen and oxygen atoms in total. The summed E-state index contributed by atoms with van der Waals surface area (Å²) in [6.45, 7) is 0.463. The second kappa shape index (κ2) is 6.07. The van der Waals surface area contributed by atoms with E-state index in [1.165, 1.54) is 0 Å². The Labute approximate surface area is 137 Å². The van der Waals surface area contributed by atoms with Crippen LogP contribution in [0.5, 0.6) is 5.75 Å². The van der Waals surface area contributed by atoms with Gasteiger partial charge in [0, 0.05) is 22.0 Å². The maximum Gasteiger partial charge on any atom is 0.405 e. The number of carbonyl (C=O) groups is 1. The molecule has 0 radical (unpaired) electrons. The molecule has 0 saturated carbocycles. The Morgan fingerprint density at radius 3 is 2.55 bits per heavy atom. The monoisotopic (exact) mass is 337 g/mol. The van der Waals surface area contributed by atoms with Crippen LogP contribution >= 0.6 is 23.2 Å². The zero-order valence-corrected chi connectivity index (χ0v) is 13.0. The van der Waals surface area contributed by atoms with Crippen molar-refractivity contribution in [3.05, 3.63) is 52.0 Å². The summed E-state index contributed by atoms with van der Waals surface area (Å²) in [7, 11) is 0. The highest BCUT2D eigenvalue weighted by Gasteiger charge is 2.24. The maximum absolute atomic E-state index is 11.0. The van der Waals surface area contributed by atoms with Crippen molar-refractivity contribution in [1.82, 2.24) is 0 Å². The molecule has 0 bridgehead atoms. The standard InChI is InChI=1S/C16H13Cl2NO3/c17-11-5-10(6-12(18)8-11)9-1-2-13-14(22-16(19)20)3-4-21-15(13)7-9/h1-2,5-8,14H,3-4H2,(H2,19,20). The highest BCUT2D eigenvalue weighted by molar-refractivity contribution is 6.35. The molecule has 22 heavy (non-hydrogen) atoms. The second-order valence-corrected chi connectivity index (χ2v) is 5.85. The van der Waals surface area contributed by atoms with Crippen LogP contribution in [0.15, 0.2) is 36.4 Å². The number of amides is 1. The van der Waals surface area contributed by atoms with Crippen LogP contribution in [0.4, 0.5) is 4.79 Å². The first-order chi connectivity index (χ1) is 10.5. The highest BCUT2D eigenvalue weighted by atomic mass is 35.5. The van der Waals surface area contributed by atoms with Gasteiger partial charge in [-0.25, -0.2) is 4.79 Å². The van der Waals surface area contributed by atoms with Crippen LogP contribution in [0, 0.1) is 0 Å². The fraction of sp³-hybridized carbons (Fsp3) is 0.188. The molecule has 114 valence electrons. The lowest BCUT2D eigenvalue weighted by Gasteiger charge is -2.25. The molecule has 2 aromatic rings. The molecule has 3 rings (SSSR count). The van der Waals surface area contributed by atoms with Gasteiger partial charge in [-0.2, -0.15) is 0 Å². The Morgan fingerprint density at radius 2 is 1.86 bits per heavy atom. The SMILES string of the molecule is NC(=O)OC1CCOc2cc(-c3cc(Cl)cc(Cl)c3)ccc21. The number of primary amides is 1. The topological polar surface area (TPSA) is 61.6 Å². The van der Waals surface area contributed by atoms with Crippen LogP contribution in [0.1, 0.15) is 18.1 Å². The first-order valence-corrected chi connectivity index (χ1v) is 7.48. The number of hydrogen-bond acceptors (Lipinski definition) is 3. The fourth-order valence-corrected chi connectivity index (χ4v) is 3.05. The van der Waals surface area contributed by atoms with E-state index in [2.05, 4.69) is 0 Å². The fourth-order valence-electron chi connectivity index (χ4n) is 2.52. The normalized spacial score (nSPS) is 16.5. The number of rotatable bonds is 2. The summed E-state index contributed by atoms with van der Waals surface area (Å²) >= 11 is 12.1. The maximum atomic E-state index is 11.0. The smallest absolute Gasteiger partial charge is 0.405 e. The van der Waals surface area contributed by atoms with E-state index < -0.39 is 6.09 Å². The van der Waals surface area contributed by atoms with E-state index in [1.54, 1.807) is 6.07 Å². The lowest BCUT2D eigenvalue weighted by molar-refractivity contribution is 0.0766. The molecule has 1 unspecified atom stereocenters. The first-order valence-electron chi connectivity index (χ1n) is 6.72. The van der Waals surface area contributed by atoms with E-state index in [1.807, 2.05) is 30.3 Å². The van der Waals surface area contributed by atoms with E-state index in [4.69, 9.17) is 38.4 Å². The lowest BCUT2D eigenvalue weighted by atomic mass is 9.98. The predicted octanol–water partition coefficient (Wildman–Crippen LogP) is 4.58. The molecule has 0 aliphatic carbocycles. The molecule has 0 spiro atoms. The van der Waals surface area contributed by atoms with Gasteiger partial charge in [0.15, 0.2) is 0 Å². The van der Waals surface area contributed by atoms with E-state index in [0.717, 1.165) is 16.7 Å². The zero-order chi connectivity index (χ0) is 15.7. The third-order valence-electron chi connectivity index (χ3n) is 3.45. The molecular formula is C16H13Cl2NO3. The van der Waals surface area contributed by atoms with Crippen LogP contribution < -0.4 is 10.5 Å². The predicted molar refractivity (Wildman–Crippen MR) is 85.4 cm³/mol. The minimum atomic E-state index is -0.788. The summed E-state index contributed by atoms with van der Waals surface area (Å²) in [4.78, 5) is 11.0. The van der Waals surface area contributed by atoms with Gasteiger partial charge in [-0.1, -0.05) is 35.3 Å². The summed E-state index contributed by atoms with van der Waals surface area (Å²) in [5, 5.41) is 1.13. The summed E-state index contributed by atoms with van der Waals surface area (Å²) < 4.78 is 10.8. The number of fused-ring (bicyclic) bond motifs is 1. The largest absolute Gasteiger partial charge is 0.493 e. The number of halogens is 2. The number of hydrogen-bond donors (Lipinski definition) is 1. The Morgan fingerprint density at radius 1 is 1.14 bits per heavy atom. The summed E-state index contributed by atoms with van der Waals surface area (Å²) in [5.74, 6) is 0.672. The minimum absolute atomic E-state index is 0.377. The quantitative estimate of drug-likeness (QED) is 0.872. The van der Waals surface area contributed by atoms with Crippen LogP contribution in [-0.4, -0.2) is 12.7 Å². The molecule has 2 aromatic carbocycles. The third-order valence-corrected chi connectivity index (χ3v) is 3.89. The Balaban J connectivity index is 1.98. The van der Waals surface area contributed by atoms with Crippen molar-refractivity contribution in [2.24, 2.45) is 5.73 Å². The van der Waals surface area contributed by atoms with Crippen molar-refractivity contribution >= 4 is 29.3 Å². The van der Waals surface area contributed by atoms with Gasteiger partial charge >= 0.3 is 6.09 Å². The van der Waals surface area contributed by atoms with E-state index in [0.29, 0.717) is 28.8 Å². The Hall–Kier alpha value is -1.91. The number of ether oxygens (including phenoxy) is 2. The Bertz CT molecular complexity index is 713. The molecular weight excluding hydrogens is 325 g/mol. The van der Waals surface area contributed by atoms with Crippen LogP contribution in [0.25, 0.3) is 11.1 Å². The minimum Gasteiger partial charge on any atom is -0.493 e. The molecule has 0 saturated heterocycles. The van der Waals surface area contributed by atoms with Gasteiger partial charge in [0.05, 0.1) is 6.61 Å². The van der Waals surface area contributed by atoms with Crippen LogP contribution in [-0.2, 0) is 4.74 Å².